The molecule has 0 bridgehead atoms. The minimum Gasteiger partial charge on any atom is -0.467 e. The Morgan fingerprint density at radius 1 is 1.77 bits per heavy atom. The van der Waals surface area contributed by atoms with Crippen molar-refractivity contribution in [1.82, 2.24) is 0 Å². The van der Waals surface area contributed by atoms with E-state index in [1.54, 1.807) is 6.92 Å². The van der Waals surface area contributed by atoms with Gasteiger partial charge in [-0.05, 0) is 18.9 Å². The van der Waals surface area contributed by atoms with Crippen LogP contribution in [0.5, 0.6) is 0 Å². The van der Waals surface area contributed by atoms with Gasteiger partial charge in [0.1, 0.15) is 5.60 Å². The molecule has 0 aromatic heterocycles. The largest absolute Gasteiger partial charge is 0.467 e. The maximum absolute atomic E-state index is 8.23. The molecule has 72 valence electrons. The molecular weight excluding hydrogens is 192 g/mol. The summed E-state index contributed by atoms with van der Waals surface area (Å²) in [6.45, 7) is 3.72. The standard InChI is InChI=1S/C7H10N4O.ClH/c1-3-7(2)5(10-11-9)4-6(8)12-7;/h4,8H,3H2,1-2H3;1H. The number of azide groups is 1. The fourth-order valence-corrected chi connectivity index (χ4v) is 1.04. The molecule has 6 heteroatoms. The van der Waals surface area contributed by atoms with Crippen LogP contribution in [0.2, 0.25) is 0 Å². The zero-order valence-electron chi connectivity index (χ0n) is 7.44. The molecule has 1 atom stereocenters. The predicted octanol–water partition coefficient (Wildman–Crippen LogP) is 2.78. The summed E-state index contributed by atoms with van der Waals surface area (Å²) >= 11 is 0. The minimum atomic E-state index is -0.608. The maximum atomic E-state index is 8.23. The molecule has 5 nitrogen and oxygen atoms in total. The average Bonchev–Trinajstić information content (AvgIpc) is 2.29. The molecule has 0 spiro atoms. The molecule has 0 radical (unpaired) electrons. The van der Waals surface area contributed by atoms with Gasteiger partial charge in [-0.1, -0.05) is 12.0 Å². The minimum absolute atomic E-state index is 0. The van der Waals surface area contributed by atoms with Gasteiger partial charge in [0, 0.05) is 11.0 Å². The highest BCUT2D eigenvalue weighted by atomic mass is 35.5. The van der Waals surface area contributed by atoms with Crippen molar-refractivity contribution >= 4 is 18.3 Å². The first kappa shape index (κ1) is 11.8. The number of halogens is 1. The average molecular weight is 203 g/mol. The summed E-state index contributed by atoms with van der Waals surface area (Å²) in [6.07, 6.45) is 2.13. The number of ether oxygens (including phenoxy) is 1. The van der Waals surface area contributed by atoms with Crippen LogP contribution in [0.15, 0.2) is 16.9 Å². The van der Waals surface area contributed by atoms with E-state index in [0.717, 1.165) is 0 Å². The van der Waals surface area contributed by atoms with Crippen molar-refractivity contribution in [1.29, 1.82) is 5.41 Å². The lowest BCUT2D eigenvalue weighted by Crippen LogP contribution is -2.25. The lowest BCUT2D eigenvalue weighted by atomic mass is 10.0. The fraction of sp³-hybridized carbons (Fsp3) is 0.571. The zero-order chi connectivity index (χ0) is 9.19. The maximum Gasteiger partial charge on any atom is 0.206 e. The summed E-state index contributed by atoms with van der Waals surface area (Å²) < 4.78 is 5.19. The van der Waals surface area contributed by atoms with Crippen molar-refractivity contribution in [2.75, 3.05) is 0 Å². The zero-order valence-corrected chi connectivity index (χ0v) is 8.26. The summed E-state index contributed by atoms with van der Waals surface area (Å²) in [6, 6.07) is 0. The van der Waals surface area contributed by atoms with Gasteiger partial charge in [0.2, 0.25) is 5.90 Å². The highest BCUT2D eigenvalue weighted by Gasteiger charge is 2.34. The Balaban J connectivity index is 0.00000144. The van der Waals surface area contributed by atoms with Gasteiger partial charge in [-0.15, -0.1) is 12.4 Å². The number of hydrogen-bond donors (Lipinski definition) is 1. The molecule has 1 aliphatic heterocycles. The van der Waals surface area contributed by atoms with Crippen LogP contribution in [0, 0.1) is 5.41 Å². The van der Waals surface area contributed by atoms with Crippen molar-refractivity contribution in [2.24, 2.45) is 5.11 Å². The normalized spacial score (nSPS) is 25.4. The molecule has 1 unspecified atom stereocenters. The third kappa shape index (κ3) is 2.14. The SMILES string of the molecule is CCC1(C)OC(=N)C=C1N=[N+]=[N-].Cl. The molecule has 1 heterocycles. The van der Waals surface area contributed by atoms with E-state index in [-0.39, 0.29) is 18.3 Å². The van der Waals surface area contributed by atoms with E-state index in [4.69, 9.17) is 15.7 Å². The van der Waals surface area contributed by atoms with Crippen LogP contribution in [0.25, 0.3) is 10.4 Å². The van der Waals surface area contributed by atoms with Crippen molar-refractivity contribution in [3.05, 3.63) is 22.2 Å². The van der Waals surface area contributed by atoms with Gasteiger partial charge in [-0.25, -0.2) is 0 Å². The van der Waals surface area contributed by atoms with Crippen molar-refractivity contribution < 1.29 is 4.74 Å². The van der Waals surface area contributed by atoms with Crippen molar-refractivity contribution in [2.45, 2.75) is 25.9 Å². The molecule has 0 aromatic rings. The predicted molar refractivity (Wildman–Crippen MR) is 52.0 cm³/mol. The van der Waals surface area contributed by atoms with Crippen molar-refractivity contribution in [3.8, 4) is 0 Å². The van der Waals surface area contributed by atoms with Gasteiger partial charge in [0.15, 0.2) is 0 Å². The van der Waals surface area contributed by atoms with Crippen LogP contribution in [0.4, 0.5) is 0 Å². The van der Waals surface area contributed by atoms with Gasteiger partial charge in [-0.2, -0.15) is 0 Å². The smallest absolute Gasteiger partial charge is 0.206 e. The summed E-state index contributed by atoms with van der Waals surface area (Å²) in [4.78, 5) is 2.68. The molecular formula is C7H11ClN4O. The Morgan fingerprint density at radius 2 is 2.38 bits per heavy atom. The van der Waals surface area contributed by atoms with Crippen LogP contribution in [0.3, 0.4) is 0 Å². The van der Waals surface area contributed by atoms with E-state index in [9.17, 15) is 0 Å². The van der Waals surface area contributed by atoms with E-state index in [1.165, 1.54) is 6.08 Å². The van der Waals surface area contributed by atoms with Gasteiger partial charge in [-0.3, -0.25) is 5.41 Å². The number of nitrogens with zero attached hydrogens (tertiary/aromatic N) is 3. The van der Waals surface area contributed by atoms with Crippen LogP contribution >= 0.6 is 12.4 Å². The highest BCUT2D eigenvalue weighted by molar-refractivity contribution is 5.89. The summed E-state index contributed by atoms with van der Waals surface area (Å²) in [5, 5.41) is 10.7. The monoisotopic (exact) mass is 202 g/mol. The number of nitrogens with one attached hydrogen (secondary N) is 1. The second kappa shape index (κ2) is 4.16. The quantitative estimate of drug-likeness (QED) is 0.417. The third-order valence-corrected chi connectivity index (χ3v) is 1.97. The molecule has 0 aliphatic carbocycles. The van der Waals surface area contributed by atoms with E-state index in [0.29, 0.717) is 12.1 Å². The van der Waals surface area contributed by atoms with E-state index in [2.05, 4.69) is 10.0 Å². The molecule has 1 rings (SSSR count). The molecule has 0 amide bonds. The van der Waals surface area contributed by atoms with Gasteiger partial charge >= 0.3 is 0 Å². The molecule has 0 saturated heterocycles. The number of rotatable bonds is 2. The Labute approximate surface area is 82.3 Å². The Morgan fingerprint density at radius 3 is 2.85 bits per heavy atom. The van der Waals surface area contributed by atoms with Crippen LogP contribution < -0.4 is 0 Å². The highest BCUT2D eigenvalue weighted by Crippen LogP contribution is 2.31. The first-order valence-electron chi connectivity index (χ1n) is 3.67. The second-order valence-corrected chi connectivity index (χ2v) is 2.77. The van der Waals surface area contributed by atoms with Gasteiger partial charge < -0.3 is 4.74 Å². The summed E-state index contributed by atoms with van der Waals surface area (Å²) in [5.74, 6) is 0.0572. The van der Waals surface area contributed by atoms with E-state index >= 15 is 0 Å². The van der Waals surface area contributed by atoms with E-state index < -0.39 is 5.60 Å². The lowest BCUT2D eigenvalue weighted by Gasteiger charge is -2.22. The van der Waals surface area contributed by atoms with Crippen LogP contribution in [-0.2, 0) is 4.74 Å². The molecule has 1 aliphatic rings. The van der Waals surface area contributed by atoms with Gasteiger partial charge in [0.25, 0.3) is 0 Å². The molecule has 0 fully saturated rings. The summed E-state index contributed by atoms with van der Waals surface area (Å²) in [5.41, 5.74) is 8.11. The van der Waals surface area contributed by atoms with Crippen LogP contribution in [0.1, 0.15) is 20.3 Å². The Hall–Kier alpha value is -1.19. The molecule has 0 saturated carbocycles. The Bertz CT molecular complexity index is 295. The Kier molecular flexibility index (Phi) is 3.78. The second-order valence-electron chi connectivity index (χ2n) is 2.77. The van der Waals surface area contributed by atoms with Gasteiger partial charge in [0.05, 0.1) is 5.70 Å². The molecule has 0 aromatic carbocycles. The lowest BCUT2D eigenvalue weighted by molar-refractivity contribution is 0.121. The molecule has 13 heavy (non-hydrogen) atoms. The number of hydrogen-bond acceptors (Lipinski definition) is 3. The summed E-state index contributed by atoms with van der Waals surface area (Å²) in [7, 11) is 0. The van der Waals surface area contributed by atoms with Crippen LogP contribution in [-0.4, -0.2) is 11.5 Å². The first-order chi connectivity index (χ1) is 5.62. The first-order valence-corrected chi connectivity index (χ1v) is 3.67. The topological polar surface area (TPSA) is 81.8 Å². The third-order valence-electron chi connectivity index (χ3n) is 1.97. The molecule has 1 N–H and O–H groups in total. The fourth-order valence-electron chi connectivity index (χ4n) is 1.04. The van der Waals surface area contributed by atoms with Crippen molar-refractivity contribution in [3.63, 3.8) is 0 Å². The van der Waals surface area contributed by atoms with E-state index in [1.807, 2.05) is 6.92 Å².